The maximum atomic E-state index is 6.73. The van der Waals surface area contributed by atoms with Crippen molar-refractivity contribution in [2.75, 3.05) is 13.2 Å². The second kappa shape index (κ2) is 16.5. The molecule has 0 N–H and O–H groups in total. The van der Waals surface area contributed by atoms with Crippen LogP contribution in [0.5, 0.6) is 11.5 Å². The van der Waals surface area contributed by atoms with Gasteiger partial charge in [0.25, 0.3) is 0 Å². The molecule has 0 radical (unpaired) electrons. The van der Waals surface area contributed by atoms with E-state index < -0.39 is 0 Å². The standard InChI is InChI=1S/C44H38O3/c1-5-17-35(18-6-1)33-39(29-31-45-43-27-15-13-25-41(43)37-21-9-3-10-22-37)47-40(34-36-19-7-2-8-20-36)30-32-46-44-28-16-14-26-42(44)38-23-11-4-12-24-38/h1-28,33-34H,29-32H2. The highest BCUT2D eigenvalue weighted by Gasteiger charge is 2.11. The molecule has 0 unspecified atom stereocenters. The van der Waals surface area contributed by atoms with Gasteiger partial charge in [0.15, 0.2) is 0 Å². The molecule has 0 fully saturated rings. The second-order valence-corrected chi connectivity index (χ2v) is 11.1. The predicted molar refractivity (Wildman–Crippen MR) is 194 cm³/mol. The van der Waals surface area contributed by atoms with Crippen LogP contribution in [-0.4, -0.2) is 13.2 Å². The van der Waals surface area contributed by atoms with Crippen LogP contribution in [0, 0.1) is 0 Å². The lowest BCUT2D eigenvalue weighted by Crippen LogP contribution is -2.06. The average molecular weight is 615 g/mol. The molecule has 232 valence electrons. The normalized spacial score (nSPS) is 11.6. The zero-order valence-corrected chi connectivity index (χ0v) is 26.4. The first-order chi connectivity index (χ1) is 23.3. The Morgan fingerprint density at radius 3 is 1.13 bits per heavy atom. The van der Waals surface area contributed by atoms with E-state index >= 15 is 0 Å². The van der Waals surface area contributed by atoms with Crippen molar-refractivity contribution in [1.29, 1.82) is 0 Å². The third-order valence-electron chi connectivity index (χ3n) is 7.67. The number of hydrogen-bond donors (Lipinski definition) is 0. The Kier molecular flexibility index (Phi) is 10.9. The zero-order valence-electron chi connectivity index (χ0n) is 26.4. The smallest absolute Gasteiger partial charge is 0.127 e. The lowest BCUT2D eigenvalue weighted by atomic mass is 10.1. The Morgan fingerprint density at radius 2 is 0.723 bits per heavy atom. The zero-order chi connectivity index (χ0) is 31.9. The van der Waals surface area contributed by atoms with E-state index in [1.54, 1.807) is 0 Å². The van der Waals surface area contributed by atoms with Gasteiger partial charge in [-0.1, -0.05) is 158 Å². The number of rotatable bonds is 14. The van der Waals surface area contributed by atoms with Gasteiger partial charge in [-0.05, 0) is 46.5 Å². The van der Waals surface area contributed by atoms with Gasteiger partial charge in [-0.15, -0.1) is 0 Å². The molecule has 0 atom stereocenters. The lowest BCUT2D eigenvalue weighted by Gasteiger charge is -2.17. The summed E-state index contributed by atoms with van der Waals surface area (Å²) in [5.74, 6) is 3.34. The lowest BCUT2D eigenvalue weighted by molar-refractivity contribution is 0.230. The maximum absolute atomic E-state index is 6.73. The molecular formula is C44H38O3. The molecule has 0 spiro atoms. The molecule has 3 heteroatoms. The Morgan fingerprint density at radius 1 is 0.383 bits per heavy atom. The average Bonchev–Trinajstić information content (AvgIpc) is 3.13. The van der Waals surface area contributed by atoms with Crippen molar-refractivity contribution in [3.63, 3.8) is 0 Å². The van der Waals surface area contributed by atoms with Crippen molar-refractivity contribution in [1.82, 2.24) is 0 Å². The molecule has 0 amide bonds. The second-order valence-electron chi connectivity index (χ2n) is 11.1. The highest BCUT2D eigenvalue weighted by molar-refractivity contribution is 5.71. The summed E-state index contributed by atoms with van der Waals surface area (Å²) in [6, 6.07) is 57.5. The van der Waals surface area contributed by atoms with Crippen LogP contribution < -0.4 is 9.47 Å². The van der Waals surface area contributed by atoms with Crippen LogP contribution in [0.4, 0.5) is 0 Å². The summed E-state index contributed by atoms with van der Waals surface area (Å²) >= 11 is 0. The van der Waals surface area contributed by atoms with Gasteiger partial charge in [-0.25, -0.2) is 0 Å². The molecule has 47 heavy (non-hydrogen) atoms. The molecule has 0 saturated heterocycles. The summed E-state index contributed by atoms with van der Waals surface area (Å²) in [4.78, 5) is 0. The fourth-order valence-corrected chi connectivity index (χ4v) is 5.36. The van der Waals surface area contributed by atoms with E-state index in [2.05, 4.69) is 72.8 Å². The molecule has 6 aromatic carbocycles. The van der Waals surface area contributed by atoms with E-state index in [1.165, 1.54) is 0 Å². The van der Waals surface area contributed by atoms with Crippen LogP contribution in [-0.2, 0) is 4.74 Å². The molecule has 0 aliphatic carbocycles. The highest BCUT2D eigenvalue weighted by Crippen LogP contribution is 2.31. The first kappa shape index (κ1) is 31.2. The van der Waals surface area contributed by atoms with Crippen LogP contribution in [0.15, 0.2) is 181 Å². The first-order valence-corrected chi connectivity index (χ1v) is 16.1. The van der Waals surface area contributed by atoms with E-state index in [4.69, 9.17) is 14.2 Å². The third-order valence-corrected chi connectivity index (χ3v) is 7.67. The number of hydrogen-bond acceptors (Lipinski definition) is 3. The van der Waals surface area contributed by atoms with Gasteiger partial charge in [0, 0.05) is 24.0 Å². The number of ether oxygens (including phenoxy) is 3. The molecule has 6 aromatic rings. The topological polar surface area (TPSA) is 27.7 Å². The molecule has 0 saturated carbocycles. The van der Waals surface area contributed by atoms with Gasteiger partial charge < -0.3 is 14.2 Å². The van der Waals surface area contributed by atoms with Gasteiger partial charge in [-0.2, -0.15) is 0 Å². The minimum absolute atomic E-state index is 0.460. The van der Waals surface area contributed by atoms with Crippen molar-refractivity contribution >= 4 is 12.2 Å². The summed E-state index contributed by atoms with van der Waals surface area (Å²) < 4.78 is 19.5. The van der Waals surface area contributed by atoms with E-state index in [-0.39, 0.29) is 0 Å². The Balaban J connectivity index is 1.21. The molecule has 6 rings (SSSR count). The highest BCUT2D eigenvalue weighted by atomic mass is 16.5. The van der Waals surface area contributed by atoms with Crippen LogP contribution in [0.3, 0.4) is 0 Å². The molecule has 0 aliphatic heterocycles. The van der Waals surface area contributed by atoms with Gasteiger partial charge in [0.1, 0.15) is 23.0 Å². The van der Waals surface area contributed by atoms with E-state index in [0.717, 1.165) is 56.4 Å². The van der Waals surface area contributed by atoms with Crippen molar-refractivity contribution in [3.8, 4) is 33.8 Å². The SMILES string of the molecule is C(=C(CCOc1ccccc1-c1ccccc1)OC(=Cc1ccccc1)CCOc1ccccc1-c1ccccc1)c1ccccc1. The van der Waals surface area contributed by atoms with E-state index in [0.29, 0.717) is 26.1 Å². The largest absolute Gasteiger partial charge is 0.492 e. The van der Waals surface area contributed by atoms with Gasteiger partial charge in [0.05, 0.1) is 13.2 Å². The first-order valence-electron chi connectivity index (χ1n) is 16.1. The minimum atomic E-state index is 0.460. The number of benzene rings is 6. The van der Waals surface area contributed by atoms with E-state index in [1.807, 2.05) is 109 Å². The molecule has 0 bridgehead atoms. The molecular weight excluding hydrogens is 576 g/mol. The quantitative estimate of drug-likeness (QED) is 0.114. The monoisotopic (exact) mass is 614 g/mol. The van der Waals surface area contributed by atoms with Crippen molar-refractivity contribution in [2.45, 2.75) is 12.8 Å². The molecule has 0 aliphatic rings. The Hall–Kier alpha value is -5.80. The van der Waals surface area contributed by atoms with Gasteiger partial charge in [-0.3, -0.25) is 0 Å². The molecule has 3 nitrogen and oxygen atoms in total. The maximum Gasteiger partial charge on any atom is 0.127 e. The van der Waals surface area contributed by atoms with E-state index in [9.17, 15) is 0 Å². The van der Waals surface area contributed by atoms with Crippen molar-refractivity contribution < 1.29 is 14.2 Å². The van der Waals surface area contributed by atoms with Gasteiger partial charge >= 0.3 is 0 Å². The summed E-state index contributed by atoms with van der Waals surface area (Å²) in [6.07, 6.45) is 5.36. The summed E-state index contributed by atoms with van der Waals surface area (Å²) in [7, 11) is 0. The van der Waals surface area contributed by atoms with Crippen molar-refractivity contribution in [3.05, 3.63) is 193 Å². The van der Waals surface area contributed by atoms with Crippen LogP contribution >= 0.6 is 0 Å². The van der Waals surface area contributed by atoms with Crippen LogP contribution in [0.1, 0.15) is 24.0 Å². The minimum Gasteiger partial charge on any atom is -0.492 e. The Bertz CT molecular complexity index is 1740. The van der Waals surface area contributed by atoms with Gasteiger partial charge in [0.2, 0.25) is 0 Å². The number of para-hydroxylation sites is 2. The summed E-state index contributed by atoms with van der Waals surface area (Å²) in [5, 5.41) is 0. The fourth-order valence-electron chi connectivity index (χ4n) is 5.36. The van der Waals surface area contributed by atoms with Crippen LogP contribution in [0.25, 0.3) is 34.4 Å². The third kappa shape index (κ3) is 9.12. The van der Waals surface area contributed by atoms with Crippen LogP contribution in [0.2, 0.25) is 0 Å². The summed E-state index contributed by atoms with van der Waals surface area (Å²) in [6.45, 7) is 0.921. The molecule has 0 aromatic heterocycles. The molecule has 0 heterocycles. The summed E-state index contributed by atoms with van der Waals surface area (Å²) in [5.41, 5.74) is 6.53. The Labute approximate surface area is 278 Å². The van der Waals surface area contributed by atoms with Crippen molar-refractivity contribution in [2.24, 2.45) is 0 Å². The fraction of sp³-hybridized carbons (Fsp3) is 0.0909. The predicted octanol–water partition coefficient (Wildman–Crippen LogP) is 11.4.